The molecule has 7 heteroatoms. The number of nitrogens with one attached hydrogen (secondary N) is 1. The molecule has 0 aromatic rings. The number of hydrogen-bond donors (Lipinski definition) is 2. The van der Waals surface area contributed by atoms with Crippen LogP contribution in [0.15, 0.2) is 0 Å². The summed E-state index contributed by atoms with van der Waals surface area (Å²) in [5.41, 5.74) is 6.03. The Kier molecular flexibility index (Phi) is 7.92. The van der Waals surface area contributed by atoms with Gasteiger partial charge in [0.25, 0.3) is 10.2 Å². The van der Waals surface area contributed by atoms with Crippen LogP contribution >= 0.6 is 12.4 Å². The first-order valence-corrected chi connectivity index (χ1v) is 9.50. The summed E-state index contributed by atoms with van der Waals surface area (Å²) in [5.74, 6) is 0. The summed E-state index contributed by atoms with van der Waals surface area (Å²) in [6.45, 7) is 1.67. The Hall–Kier alpha value is 0.120. The fourth-order valence-electron chi connectivity index (χ4n) is 3.22. The minimum absolute atomic E-state index is 0. The molecule has 0 amide bonds. The Labute approximate surface area is 135 Å². The predicted molar refractivity (Wildman–Crippen MR) is 88.8 cm³/mol. The first kappa shape index (κ1) is 19.2. The molecule has 0 atom stereocenters. The molecule has 1 saturated heterocycles. The molecule has 0 spiro atoms. The molecular formula is C14H30ClN3O2S. The second-order valence-electron chi connectivity index (χ2n) is 6.42. The highest BCUT2D eigenvalue weighted by Crippen LogP contribution is 2.24. The number of hydrogen-bond acceptors (Lipinski definition) is 3. The Morgan fingerprint density at radius 3 is 1.90 bits per heavy atom. The van der Waals surface area contributed by atoms with E-state index in [0.29, 0.717) is 19.6 Å². The molecule has 0 radical (unpaired) electrons. The molecule has 0 aromatic carbocycles. The lowest BCUT2D eigenvalue weighted by Crippen LogP contribution is -2.52. The largest absolute Gasteiger partial charge is 0.324 e. The first-order chi connectivity index (χ1) is 9.52. The monoisotopic (exact) mass is 339 g/mol. The summed E-state index contributed by atoms with van der Waals surface area (Å²) >= 11 is 0. The van der Waals surface area contributed by atoms with E-state index >= 15 is 0 Å². The summed E-state index contributed by atoms with van der Waals surface area (Å²) < 4.78 is 29.1. The van der Waals surface area contributed by atoms with Crippen LogP contribution in [0.4, 0.5) is 0 Å². The normalized spacial score (nSPS) is 24.6. The van der Waals surface area contributed by atoms with Crippen molar-refractivity contribution in [2.45, 2.75) is 69.7 Å². The molecule has 1 aliphatic heterocycles. The van der Waals surface area contributed by atoms with Crippen molar-refractivity contribution in [3.8, 4) is 0 Å². The summed E-state index contributed by atoms with van der Waals surface area (Å²) in [6, 6.07) is 0. The predicted octanol–water partition coefficient (Wildman–Crippen LogP) is 2.17. The van der Waals surface area contributed by atoms with Gasteiger partial charge in [0.05, 0.1) is 0 Å². The van der Waals surface area contributed by atoms with E-state index in [1.807, 2.05) is 0 Å². The fraction of sp³-hybridized carbons (Fsp3) is 1.00. The van der Waals surface area contributed by atoms with E-state index in [9.17, 15) is 8.42 Å². The van der Waals surface area contributed by atoms with Gasteiger partial charge in [0.1, 0.15) is 0 Å². The summed E-state index contributed by atoms with van der Waals surface area (Å²) in [7, 11) is -3.35. The molecule has 0 unspecified atom stereocenters. The molecule has 2 rings (SSSR count). The van der Waals surface area contributed by atoms with Crippen LogP contribution < -0.4 is 10.5 Å². The van der Waals surface area contributed by atoms with Crippen molar-refractivity contribution in [1.82, 2.24) is 9.03 Å². The quantitative estimate of drug-likeness (QED) is 0.771. The fourth-order valence-corrected chi connectivity index (χ4v) is 4.61. The Bertz CT molecular complexity index is 387. The summed E-state index contributed by atoms with van der Waals surface area (Å²) in [4.78, 5) is 0. The first-order valence-electron chi connectivity index (χ1n) is 8.06. The zero-order chi connectivity index (χ0) is 14.5. The second-order valence-corrected chi connectivity index (χ2v) is 8.17. The molecule has 126 valence electrons. The SMILES string of the molecule is Cl.NC1(CNS(=O)(=O)N2CCCCCC2)CCCCCC1. The highest BCUT2D eigenvalue weighted by atomic mass is 35.5. The highest BCUT2D eigenvalue weighted by Gasteiger charge is 2.30. The van der Waals surface area contributed by atoms with Gasteiger partial charge in [-0.3, -0.25) is 0 Å². The van der Waals surface area contributed by atoms with E-state index in [2.05, 4.69) is 4.72 Å². The number of rotatable bonds is 4. The smallest absolute Gasteiger partial charge is 0.279 e. The highest BCUT2D eigenvalue weighted by molar-refractivity contribution is 7.87. The van der Waals surface area contributed by atoms with Crippen molar-refractivity contribution in [2.24, 2.45) is 5.73 Å². The Balaban J connectivity index is 0.00000220. The van der Waals surface area contributed by atoms with Crippen LogP contribution in [-0.2, 0) is 10.2 Å². The Morgan fingerprint density at radius 1 is 0.905 bits per heavy atom. The zero-order valence-corrected chi connectivity index (χ0v) is 14.5. The van der Waals surface area contributed by atoms with Gasteiger partial charge in [-0.2, -0.15) is 12.7 Å². The molecule has 0 aromatic heterocycles. The van der Waals surface area contributed by atoms with Crippen molar-refractivity contribution in [3.05, 3.63) is 0 Å². The van der Waals surface area contributed by atoms with Crippen LogP contribution in [0, 0.1) is 0 Å². The number of nitrogens with zero attached hydrogens (tertiary/aromatic N) is 1. The van der Waals surface area contributed by atoms with Crippen molar-refractivity contribution in [3.63, 3.8) is 0 Å². The average molecular weight is 340 g/mol. The van der Waals surface area contributed by atoms with Gasteiger partial charge >= 0.3 is 0 Å². The van der Waals surface area contributed by atoms with Crippen molar-refractivity contribution in [2.75, 3.05) is 19.6 Å². The van der Waals surface area contributed by atoms with E-state index in [1.54, 1.807) is 4.31 Å². The number of nitrogens with two attached hydrogens (primary N) is 1. The molecule has 1 aliphatic carbocycles. The van der Waals surface area contributed by atoms with E-state index in [-0.39, 0.29) is 17.9 Å². The topological polar surface area (TPSA) is 75.4 Å². The molecule has 1 heterocycles. The van der Waals surface area contributed by atoms with Crippen molar-refractivity contribution < 1.29 is 8.42 Å². The molecule has 21 heavy (non-hydrogen) atoms. The lowest BCUT2D eigenvalue weighted by atomic mass is 9.92. The van der Waals surface area contributed by atoms with Crippen LogP contribution in [0.1, 0.15) is 64.2 Å². The average Bonchev–Trinajstić information content (AvgIpc) is 2.80. The van der Waals surface area contributed by atoms with Crippen LogP contribution in [0.2, 0.25) is 0 Å². The third-order valence-corrected chi connectivity index (χ3v) is 6.17. The zero-order valence-electron chi connectivity index (χ0n) is 12.8. The van der Waals surface area contributed by atoms with Gasteiger partial charge < -0.3 is 5.73 Å². The maximum Gasteiger partial charge on any atom is 0.279 e. The van der Waals surface area contributed by atoms with Gasteiger partial charge in [0.15, 0.2) is 0 Å². The minimum Gasteiger partial charge on any atom is -0.324 e. The second kappa shape index (κ2) is 8.67. The third-order valence-electron chi connectivity index (χ3n) is 4.61. The van der Waals surface area contributed by atoms with E-state index in [0.717, 1.165) is 51.4 Å². The summed E-state index contributed by atoms with van der Waals surface area (Å²) in [6.07, 6.45) is 10.7. The molecule has 0 bridgehead atoms. The van der Waals surface area contributed by atoms with Crippen LogP contribution in [0.25, 0.3) is 0 Å². The van der Waals surface area contributed by atoms with Gasteiger partial charge in [0, 0.05) is 25.2 Å². The maximum absolute atomic E-state index is 12.4. The lowest BCUT2D eigenvalue weighted by molar-refractivity contribution is 0.356. The van der Waals surface area contributed by atoms with E-state index in [1.165, 1.54) is 12.8 Å². The summed E-state index contributed by atoms with van der Waals surface area (Å²) in [5, 5.41) is 0. The van der Waals surface area contributed by atoms with Crippen LogP contribution in [0.5, 0.6) is 0 Å². The molecule has 2 aliphatic rings. The van der Waals surface area contributed by atoms with Gasteiger partial charge in [-0.1, -0.05) is 38.5 Å². The van der Waals surface area contributed by atoms with Gasteiger partial charge in [-0.15, -0.1) is 12.4 Å². The maximum atomic E-state index is 12.4. The van der Waals surface area contributed by atoms with Crippen molar-refractivity contribution >= 4 is 22.6 Å². The van der Waals surface area contributed by atoms with Crippen LogP contribution in [0.3, 0.4) is 0 Å². The van der Waals surface area contributed by atoms with Gasteiger partial charge in [0.2, 0.25) is 0 Å². The molecule has 5 nitrogen and oxygen atoms in total. The lowest BCUT2D eigenvalue weighted by Gasteiger charge is -2.30. The van der Waals surface area contributed by atoms with Gasteiger partial charge in [-0.05, 0) is 25.7 Å². The third kappa shape index (κ3) is 6.02. The number of halogens is 1. The molecule has 3 N–H and O–H groups in total. The van der Waals surface area contributed by atoms with E-state index in [4.69, 9.17) is 5.73 Å². The minimum atomic E-state index is -3.35. The van der Waals surface area contributed by atoms with Crippen LogP contribution in [-0.4, -0.2) is 37.9 Å². The molecule has 2 fully saturated rings. The molecule has 1 saturated carbocycles. The van der Waals surface area contributed by atoms with E-state index < -0.39 is 10.2 Å². The molecular weight excluding hydrogens is 310 g/mol. The van der Waals surface area contributed by atoms with Gasteiger partial charge in [-0.25, -0.2) is 4.72 Å². The van der Waals surface area contributed by atoms with Crippen molar-refractivity contribution in [1.29, 1.82) is 0 Å². The Morgan fingerprint density at radius 2 is 1.38 bits per heavy atom. The standard InChI is InChI=1S/C14H29N3O2S.ClH/c15-14(9-5-1-2-6-10-14)13-16-20(18,19)17-11-7-3-4-8-12-17;/h16H,1-13,15H2;1H.